The molecule has 0 saturated carbocycles. The summed E-state index contributed by atoms with van der Waals surface area (Å²) >= 11 is 3.38. The molecule has 0 fully saturated rings. The molecule has 0 saturated heterocycles. The summed E-state index contributed by atoms with van der Waals surface area (Å²) < 4.78 is 6.56. The summed E-state index contributed by atoms with van der Waals surface area (Å²) in [6.07, 6.45) is 4.36. The number of ether oxygens (including phenoxy) is 1. The number of hydrogen-bond acceptors (Lipinski definition) is 3. The van der Waals surface area contributed by atoms with Crippen molar-refractivity contribution >= 4 is 27.7 Å². The fraction of sp³-hybridized carbons (Fsp3) is 0.417. The monoisotopic (exact) mass is 474 g/mol. The largest absolute Gasteiger partial charge is 0.493 e. The lowest BCUT2D eigenvalue weighted by molar-refractivity contribution is 0.0844. The third kappa shape index (κ3) is 7.17. The van der Waals surface area contributed by atoms with E-state index in [1.807, 2.05) is 18.2 Å². The van der Waals surface area contributed by atoms with Crippen molar-refractivity contribution in [2.75, 3.05) is 6.61 Å². The molecule has 0 aliphatic rings. The van der Waals surface area contributed by atoms with Crippen LogP contribution >= 0.6 is 15.9 Å². The summed E-state index contributed by atoms with van der Waals surface area (Å²) in [5, 5.41) is 0. The van der Waals surface area contributed by atoms with Gasteiger partial charge in [-0.1, -0.05) is 75.0 Å². The highest BCUT2D eigenvalue weighted by atomic mass is 79.9. The van der Waals surface area contributed by atoms with Gasteiger partial charge in [0.1, 0.15) is 5.75 Å². The van der Waals surface area contributed by atoms with Crippen molar-refractivity contribution in [3.8, 4) is 5.75 Å². The third-order valence-electron chi connectivity index (χ3n) is 4.74. The van der Waals surface area contributed by atoms with Crippen molar-refractivity contribution in [3.63, 3.8) is 0 Å². The van der Waals surface area contributed by atoms with Gasteiger partial charge < -0.3 is 4.74 Å². The Labute approximate surface area is 187 Å². The lowest BCUT2D eigenvalue weighted by Crippen LogP contribution is -2.41. The fourth-order valence-corrected chi connectivity index (χ4v) is 3.25. The minimum absolute atomic E-state index is 0.0108. The standard InChI is InChI=1S/C24H31BrN2O3/c1-5-6-7-8-15-30-21-14-13-19(25)16-20(21)23(29)27-26-22(28)17-9-11-18(12-10-17)24(2,3)4/h9-14,16H,5-8,15H2,1-4H3,(H,26,28)(H,27,29). The van der Waals surface area contributed by atoms with Crippen molar-refractivity contribution in [1.82, 2.24) is 10.9 Å². The van der Waals surface area contributed by atoms with Crippen molar-refractivity contribution < 1.29 is 14.3 Å². The SMILES string of the molecule is CCCCCCOc1ccc(Br)cc1C(=O)NNC(=O)c1ccc(C(C)(C)C)cc1. The summed E-state index contributed by atoms with van der Waals surface area (Å²) in [7, 11) is 0. The Balaban J connectivity index is 1.98. The Morgan fingerprint density at radius 1 is 0.933 bits per heavy atom. The molecule has 2 amide bonds. The molecule has 2 aromatic carbocycles. The number of hydrazine groups is 1. The van der Waals surface area contributed by atoms with Gasteiger partial charge in [-0.25, -0.2) is 0 Å². The van der Waals surface area contributed by atoms with E-state index in [2.05, 4.69) is 54.5 Å². The first-order valence-corrected chi connectivity index (χ1v) is 11.1. The molecule has 0 atom stereocenters. The highest BCUT2D eigenvalue weighted by Crippen LogP contribution is 2.24. The van der Waals surface area contributed by atoms with Gasteiger partial charge >= 0.3 is 0 Å². The van der Waals surface area contributed by atoms with Crippen LogP contribution in [0.1, 0.15) is 79.7 Å². The van der Waals surface area contributed by atoms with Crippen LogP contribution in [0.4, 0.5) is 0 Å². The first-order valence-electron chi connectivity index (χ1n) is 10.4. The van der Waals surface area contributed by atoms with Crippen LogP contribution in [0.3, 0.4) is 0 Å². The van der Waals surface area contributed by atoms with Crippen LogP contribution < -0.4 is 15.6 Å². The number of unbranched alkanes of at least 4 members (excludes halogenated alkanes) is 3. The van der Waals surface area contributed by atoms with Crippen molar-refractivity contribution in [1.29, 1.82) is 0 Å². The molecule has 6 heteroatoms. The number of amides is 2. The Morgan fingerprint density at radius 2 is 1.60 bits per heavy atom. The van der Waals surface area contributed by atoms with Gasteiger partial charge in [0.15, 0.2) is 0 Å². The van der Waals surface area contributed by atoms with Gasteiger partial charge in [-0.3, -0.25) is 20.4 Å². The van der Waals surface area contributed by atoms with Crippen LogP contribution in [-0.4, -0.2) is 18.4 Å². The molecule has 0 radical (unpaired) electrons. The van der Waals surface area contributed by atoms with Gasteiger partial charge in [-0.2, -0.15) is 0 Å². The molecule has 30 heavy (non-hydrogen) atoms. The van der Waals surface area contributed by atoms with Crippen molar-refractivity contribution in [3.05, 3.63) is 63.6 Å². The number of nitrogens with one attached hydrogen (secondary N) is 2. The molecule has 5 nitrogen and oxygen atoms in total. The molecule has 0 unspecified atom stereocenters. The topological polar surface area (TPSA) is 67.4 Å². The zero-order valence-corrected chi connectivity index (χ0v) is 19.8. The highest BCUT2D eigenvalue weighted by Gasteiger charge is 2.16. The van der Waals surface area contributed by atoms with Crippen molar-refractivity contribution in [2.45, 2.75) is 58.8 Å². The van der Waals surface area contributed by atoms with E-state index >= 15 is 0 Å². The number of rotatable bonds is 8. The molecule has 162 valence electrons. The maximum absolute atomic E-state index is 12.6. The van der Waals surface area contributed by atoms with E-state index in [9.17, 15) is 9.59 Å². The van der Waals surface area contributed by atoms with Crippen LogP contribution in [0, 0.1) is 0 Å². The van der Waals surface area contributed by atoms with Crippen LogP contribution in [0.25, 0.3) is 0 Å². The summed E-state index contributed by atoms with van der Waals surface area (Å²) in [6, 6.07) is 12.6. The smallest absolute Gasteiger partial charge is 0.273 e. The number of carbonyl (C=O) groups excluding carboxylic acids is 2. The quantitative estimate of drug-likeness (QED) is 0.376. The molecule has 2 aromatic rings. The minimum atomic E-state index is -0.431. The average molecular weight is 475 g/mol. The molecule has 0 aliphatic carbocycles. The summed E-state index contributed by atoms with van der Waals surface area (Å²) in [4.78, 5) is 25.0. The average Bonchev–Trinajstić information content (AvgIpc) is 2.72. The first kappa shape index (κ1) is 23.9. The molecule has 0 aliphatic heterocycles. The van der Waals surface area contributed by atoms with Crippen LogP contribution in [-0.2, 0) is 5.41 Å². The van der Waals surface area contributed by atoms with Gasteiger partial charge in [0.05, 0.1) is 12.2 Å². The molecule has 0 bridgehead atoms. The molecule has 2 rings (SSSR count). The third-order valence-corrected chi connectivity index (χ3v) is 5.24. The summed E-state index contributed by atoms with van der Waals surface area (Å²) in [6.45, 7) is 9.05. The predicted molar refractivity (Wildman–Crippen MR) is 124 cm³/mol. The lowest BCUT2D eigenvalue weighted by Gasteiger charge is -2.19. The summed E-state index contributed by atoms with van der Waals surface area (Å²) in [5.74, 6) is -0.309. The zero-order valence-electron chi connectivity index (χ0n) is 18.2. The van der Waals surface area contributed by atoms with E-state index in [-0.39, 0.29) is 11.3 Å². The number of halogens is 1. The Kier molecular flexibility index (Phi) is 8.90. The number of benzene rings is 2. The van der Waals surface area contributed by atoms with Crippen LogP contribution in [0.2, 0.25) is 0 Å². The van der Waals surface area contributed by atoms with Gasteiger partial charge in [-0.15, -0.1) is 0 Å². The summed E-state index contributed by atoms with van der Waals surface area (Å²) in [5.41, 5.74) is 6.95. The Hall–Kier alpha value is -2.34. The number of hydrogen-bond donors (Lipinski definition) is 2. The Bertz CT molecular complexity index is 858. The maximum atomic E-state index is 12.6. The van der Waals surface area contributed by atoms with E-state index in [1.165, 1.54) is 6.42 Å². The van der Waals surface area contributed by atoms with Gasteiger partial charge in [0.2, 0.25) is 0 Å². The zero-order chi connectivity index (χ0) is 22.1. The van der Waals surface area contributed by atoms with E-state index < -0.39 is 5.91 Å². The molecular formula is C24H31BrN2O3. The van der Waals surface area contributed by atoms with Gasteiger partial charge in [0.25, 0.3) is 11.8 Å². The van der Waals surface area contributed by atoms with E-state index in [4.69, 9.17) is 4.74 Å². The number of carbonyl (C=O) groups is 2. The van der Waals surface area contributed by atoms with Gasteiger partial charge in [0, 0.05) is 10.0 Å². The highest BCUT2D eigenvalue weighted by molar-refractivity contribution is 9.10. The molecule has 0 heterocycles. The van der Waals surface area contributed by atoms with Crippen LogP contribution in [0.15, 0.2) is 46.9 Å². The second-order valence-electron chi connectivity index (χ2n) is 8.29. The molecule has 0 aromatic heterocycles. The van der Waals surface area contributed by atoms with E-state index in [1.54, 1.807) is 24.3 Å². The normalized spacial score (nSPS) is 11.1. The van der Waals surface area contributed by atoms with E-state index in [0.29, 0.717) is 23.5 Å². The Morgan fingerprint density at radius 3 is 2.23 bits per heavy atom. The molecule has 0 spiro atoms. The maximum Gasteiger partial charge on any atom is 0.273 e. The molecular weight excluding hydrogens is 444 g/mol. The second-order valence-corrected chi connectivity index (χ2v) is 9.20. The minimum Gasteiger partial charge on any atom is -0.493 e. The fourth-order valence-electron chi connectivity index (χ4n) is 2.89. The predicted octanol–water partition coefficient (Wildman–Crippen LogP) is 5.78. The van der Waals surface area contributed by atoms with Crippen LogP contribution in [0.5, 0.6) is 5.75 Å². The van der Waals surface area contributed by atoms with Gasteiger partial charge in [-0.05, 0) is 47.7 Å². The lowest BCUT2D eigenvalue weighted by atomic mass is 9.87. The van der Waals surface area contributed by atoms with E-state index in [0.717, 1.165) is 29.3 Å². The molecule has 2 N–H and O–H groups in total. The second kappa shape index (κ2) is 11.2. The van der Waals surface area contributed by atoms with Crippen molar-refractivity contribution in [2.24, 2.45) is 0 Å². The first-order chi connectivity index (χ1) is 14.2.